The molecule has 2 unspecified atom stereocenters. The Hall–Kier alpha value is -2.50. The highest BCUT2D eigenvalue weighted by molar-refractivity contribution is 7.88. The van der Waals surface area contributed by atoms with Gasteiger partial charge in [0.1, 0.15) is 6.04 Å². The van der Waals surface area contributed by atoms with Crippen molar-refractivity contribution in [2.45, 2.75) is 56.0 Å². The molecule has 1 aromatic rings. The number of benzene rings is 1. The van der Waals surface area contributed by atoms with Crippen molar-refractivity contribution in [3.8, 4) is 0 Å². The summed E-state index contributed by atoms with van der Waals surface area (Å²) in [6.07, 6.45) is 1.87. The monoisotopic (exact) mass is 465 g/mol. The van der Waals surface area contributed by atoms with Crippen LogP contribution in [-0.2, 0) is 25.4 Å². The quantitative estimate of drug-likeness (QED) is 0.261. The summed E-state index contributed by atoms with van der Waals surface area (Å²) in [5.74, 6) is -1.69. The lowest BCUT2D eigenvalue weighted by Crippen LogP contribution is -2.57. The van der Waals surface area contributed by atoms with E-state index in [0.29, 0.717) is 37.8 Å². The van der Waals surface area contributed by atoms with E-state index in [1.54, 1.807) is 30.3 Å². The molecule has 32 heavy (non-hydrogen) atoms. The minimum atomic E-state index is -3.73. The Kier molecular flexibility index (Phi) is 7.86. The first kappa shape index (κ1) is 24.1. The van der Waals surface area contributed by atoms with Gasteiger partial charge in [0.05, 0.1) is 30.3 Å². The summed E-state index contributed by atoms with van der Waals surface area (Å²) in [7, 11) is -3.73. The molecule has 1 aromatic carbocycles. The van der Waals surface area contributed by atoms with Gasteiger partial charge >= 0.3 is 0 Å². The van der Waals surface area contributed by atoms with Gasteiger partial charge in [0.15, 0.2) is 0 Å². The molecule has 2 fully saturated rings. The number of rotatable bonds is 8. The van der Waals surface area contributed by atoms with Crippen molar-refractivity contribution >= 4 is 27.7 Å². The van der Waals surface area contributed by atoms with Gasteiger partial charge in [-0.2, -0.15) is 0 Å². The number of piperidine rings is 1. The topological polar surface area (TPSA) is 166 Å². The number of aliphatic hydroxyl groups is 1. The normalized spacial score (nSPS) is 26.5. The Balaban J connectivity index is 1.55. The van der Waals surface area contributed by atoms with Crippen molar-refractivity contribution < 1.29 is 23.1 Å². The van der Waals surface area contributed by atoms with Crippen LogP contribution in [0.4, 0.5) is 0 Å². The average Bonchev–Trinajstić information content (AvgIpc) is 2.72. The Morgan fingerprint density at radius 2 is 1.91 bits per heavy atom. The number of aliphatic hydroxyl groups excluding tert-OH is 1. The number of nitrogens with two attached hydrogens (primary N) is 1. The molecule has 0 radical (unpaired) electrons. The Morgan fingerprint density at radius 1 is 1.19 bits per heavy atom. The van der Waals surface area contributed by atoms with Crippen molar-refractivity contribution in [3.05, 3.63) is 35.9 Å². The van der Waals surface area contributed by atoms with E-state index in [9.17, 15) is 23.1 Å². The van der Waals surface area contributed by atoms with E-state index in [1.807, 2.05) is 0 Å². The average molecular weight is 466 g/mol. The lowest BCUT2D eigenvalue weighted by Gasteiger charge is -2.36. The van der Waals surface area contributed by atoms with Gasteiger partial charge in [-0.1, -0.05) is 36.8 Å². The van der Waals surface area contributed by atoms with Gasteiger partial charge in [0.25, 0.3) is 0 Å². The molecule has 3 rings (SSSR count). The molecule has 11 heteroatoms. The maximum atomic E-state index is 12.8. The number of nitrogens with one attached hydrogen (secondary N) is 3. The van der Waals surface area contributed by atoms with Crippen LogP contribution in [0.2, 0.25) is 0 Å². The molecule has 176 valence electrons. The fourth-order valence-electron chi connectivity index (χ4n) is 4.36. The van der Waals surface area contributed by atoms with E-state index in [2.05, 4.69) is 10.0 Å². The fraction of sp³-hybridized carbons (Fsp3) is 0.571. The van der Waals surface area contributed by atoms with E-state index in [4.69, 9.17) is 11.1 Å². The maximum Gasteiger partial charge on any atom is 0.241 e. The summed E-state index contributed by atoms with van der Waals surface area (Å²) in [5.41, 5.74) is 6.15. The number of hydrogen-bond acceptors (Lipinski definition) is 6. The van der Waals surface area contributed by atoms with Crippen molar-refractivity contribution in [1.82, 2.24) is 14.9 Å². The molecule has 2 aliphatic rings. The number of nitrogens with zero attached hydrogens (tertiary/aromatic N) is 1. The number of amidine groups is 1. The smallest absolute Gasteiger partial charge is 0.241 e. The molecule has 2 amide bonds. The van der Waals surface area contributed by atoms with Gasteiger partial charge in [0, 0.05) is 12.5 Å². The second kappa shape index (κ2) is 10.4. The van der Waals surface area contributed by atoms with Gasteiger partial charge in [-0.15, -0.1) is 0 Å². The first-order valence-electron chi connectivity index (χ1n) is 10.8. The number of sulfonamides is 1. The first-order chi connectivity index (χ1) is 15.2. The molecule has 0 bridgehead atoms. The fourth-order valence-corrected chi connectivity index (χ4v) is 5.73. The summed E-state index contributed by atoms with van der Waals surface area (Å²) < 4.78 is 27.5. The molecular weight excluding hydrogens is 434 g/mol. The number of carbonyl (C=O) groups excluding carboxylic acids is 2. The molecule has 1 aliphatic carbocycles. The molecule has 0 spiro atoms. The third-order valence-corrected chi connectivity index (χ3v) is 7.34. The summed E-state index contributed by atoms with van der Waals surface area (Å²) in [6, 6.07) is 7.25. The van der Waals surface area contributed by atoms with Crippen LogP contribution in [0.15, 0.2) is 30.3 Å². The third-order valence-electron chi connectivity index (χ3n) is 5.99. The van der Waals surface area contributed by atoms with E-state index in [0.717, 1.165) is 6.42 Å². The van der Waals surface area contributed by atoms with Crippen molar-refractivity contribution in [3.63, 3.8) is 0 Å². The van der Waals surface area contributed by atoms with Crippen LogP contribution in [0.3, 0.4) is 0 Å². The van der Waals surface area contributed by atoms with Gasteiger partial charge in [-0.05, 0) is 31.2 Å². The maximum absolute atomic E-state index is 12.8. The number of hydrogen-bond donors (Lipinski definition) is 5. The van der Waals surface area contributed by atoms with Crippen molar-refractivity contribution in [2.75, 3.05) is 13.1 Å². The molecule has 10 nitrogen and oxygen atoms in total. The third kappa shape index (κ3) is 6.27. The lowest BCUT2D eigenvalue weighted by atomic mass is 9.82. The summed E-state index contributed by atoms with van der Waals surface area (Å²) in [4.78, 5) is 26.7. The van der Waals surface area contributed by atoms with Crippen LogP contribution in [0, 0.1) is 11.3 Å². The highest BCUT2D eigenvalue weighted by atomic mass is 32.2. The van der Waals surface area contributed by atoms with Crippen LogP contribution in [0.1, 0.15) is 37.7 Å². The molecule has 1 heterocycles. The van der Waals surface area contributed by atoms with Gasteiger partial charge in [-0.3, -0.25) is 15.0 Å². The van der Waals surface area contributed by atoms with Crippen LogP contribution < -0.4 is 15.8 Å². The summed E-state index contributed by atoms with van der Waals surface area (Å²) in [6.45, 7) is 0.135. The largest absolute Gasteiger partial charge is 0.390 e. The van der Waals surface area contributed by atoms with Crippen LogP contribution in [0.5, 0.6) is 0 Å². The molecule has 6 N–H and O–H groups in total. The van der Waals surface area contributed by atoms with Crippen LogP contribution in [-0.4, -0.2) is 67.4 Å². The minimum Gasteiger partial charge on any atom is -0.390 e. The second-order valence-corrected chi connectivity index (χ2v) is 10.2. The molecule has 4 atom stereocenters. The standard InChI is InChI=1S/C21H31N5O5S/c22-20(23)15-8-4-9-16(19(15)28)24-18(27)12-26-11-5-10-17(21(26)29)25-32(30,31)13-14-6-2-1-3-7-14/h1-3,6-7,15-17,19,25,28H,4-5,8-13H2,(H3,22,23)(H,24,27)/t15?,16-,17+,19?/m0/s1. The number of amides is 2. The van der Waals surface area contributed by atoms with E-state index in [-0.39, 0.29) is 18.1 Å². The predicted octanol–water partition coefficient (Wildman–Crippen LogP) is -0.321. The zero-order valence-corrected chi connectivity index (χ0v) is 18.7. The van der Waals surface area contributed by atoms with Gasteiger partial charge in [0.2, 0.25) is 21.8 Å². The SMILES string of the molecule is N=C(N)C1CCC[C@H](NC(=O)CN2CCC[C@@H](NS(=O)(=O)Cc3ccccc3)C2=O)C1O. The highest BCUT2D eigenvalue weighted by Crippen LogP contribution is 2.25. The minimum absolute atomic E-state index is 0.103. The van der Waals surface area contributed by atoms with E-state index >= 15 is 0 Å². The van der Waals surface area contributed by atoms with E-state index < -0.39 is 45.9 Å². The molecule has 1 aliphatic heterocycles. The van der Waals surface area contributed by atoms with Gasteiger partial charge in [-0.25, -0.2) is 13.1 Å². The van der Waals surface area contributed by atoms with E-state index in [1.165, 1.54) is 4.90 Å². The van der Waals surface area contributed by atoms with Crippen LogP contribution in [0.25, 0.3) is 0 Å². The number of carbonyl (C=O) groups is 2. The van der Waals surface area contributed by atoms with Crippen LogP contribution >= 0.6 is 0 Å². The zero-order chi connectivity index (χ0) is 23.3. The molecule has 1 saturated heterocycles. The Labute approximate surface area is 188 Å². The van der Waals surface area contributed by atoms with Crippen molar-refractivity contribution in [1.29, 1.82) is 5.41 Å². The summed E-state index contributed by atoms with van der Waals surface area (Å²) >= 11 is 0. The van der Waals surface area contributed by atoms with Crippen molar-refractivity contribution in [2.24, 2.45) is 11.7 Å². The van der Waals surface area contributed by atoms with Gasteiger partial charge < -0.3 is 21.1 Å². The lowest BCUT2D eigenvalue weighted by molar-refractivity contribution is -0.140. The Bertz CT molecular complexity index is 939. The first-order valence-corrected chi connectivity index (χ1v) is 12.5. The highest BCUT2D eigenvalue weighted by Gasteiger charge is 2.36. The zero-order valence-electron chi connectivity index (χ0n) is 17.9. The molecule has 0 aromatic heterocycles. The summed E-state index contributed by atoms with van der Waals surface area (Å²) in [5, 5.41) is 20.7. The number of likely N-dealkylation sites (tertiary alicyclic amines) is 1. The Morgan fingerprint density at radius 3 is 2.59 bits per heavy atom. The molecule has 1 saturated carbocycles. The predicted molar refractivity (Wildman–Crippen MR) is 119 cm³/mol. The second-order valence-electron chi connectivity index (χ2n) is 8.47. The molecular formula is C21H31N5O5S.